The highest BCUT2D eigenvalue weighted by Crippen LogP contribution is 2.32. The molecule has 1 amide bonds. The summed E-state index contributed by atoms with van der Waals surface area (Å²) in [5.41, 5.74) is 0.828. The van der Waals surface area contributed by atoms with Crippen molar-refractivity contribution < 1.29 is 32.5 Å². The summed E-state index contributed by atoms with van der Waals surface area (Å²) in [7, 11) is 0. The van der Waals surface area contributed by atoms with E-state index in [-0.39, 0.29) is 55.6 Å². The van der Waals surface area contributed by atoms with Gasteiger partial charge in [-0.3, -0.25) is 4.79 Å². The molecule has 36 heavy (non-hydrogen) atoms. The lowest BCUT2D eigenvalue weighted by Crippen LogP contribution is -2.31. The monoisotopic (exact) mass is 506 g/mol. The van der Waals surface area contributed by atoms with Crippen LogP contribution in [0.4, 0.5) is 18.0 Å². The number of benzene rings is 2. The highest BCUT2D eigenvalue weighted by molar-refractivity contribution is 5.89. The standard InChI is InChI=1S/C26H29F3N2O5/c1-17(2)15-31-22(14-30-25(33)34)23(35-12-6-11-26(27,28)29)21-13-19(9-10-20(21)24(31)32)36-16-18-7-4-3-5-8-18/h3-5,7-10,13,17,30H,6,11-12,14-16H2,1-2H3,(H,33,34). The number of ether oxygens (including phenoxy) is 2. The molecule has 10 heteroatoms. The van der Waals surface area contributed by atoms with Gasteiger partial charge in [0.25, 0.3) is 5.56 Å². The lowest BCUT2D eigenvalue weighted by atomic mass is 10.1. The molecule has 0 spiro atoms. The van der Waals surface area contributed by atoms with Crippen LogP contribution in [-0.2, 0) is 19.7 Å². The third-order valence-electron chi connectivity index (χ3n) is 5.35. The molecule has 0 atom stereocenters. The molecule has 0 unspecified atom stereocenters. The van der Waals surface area contributed by atoms with Crippen LogP contribution in [0, 0.1) is 5.92 Å². The molecule has 3 aromatic rings. The summed E-state index contributed by atoms with van der Waals surface area (Å²) in [5, 5.41) is 12.1. The number of fused-ring (bicyclic) bond motifs is 1. The van der Waals surface area contributed by atoms with Gasteiger partial charge in [-0.2, -0.15) is 13.2 Å². The molecular formula is C26H29F3N2O5. The van der Waals surface area contributed by atoms with Crippen molar-refractivity contribution in [2.75, 3.05) is 6.61 Å². The fraction of sp³-hybridized carbons (Fsp3) is 0.385. The molecule has 1 aromatic heterocycles. The SMILES string of the molecule is CC(C)Cn1c(CNC(=O)O)c(OCCCC(F)(F)F)c2cc(OCc3ccccc3)ccc2c1=O. The molecule has 1 heterocycles. The number of nitrogens with one attached hydrogen (secondary N) is 1. The Morgan fingerprint density at radius 2 is 1.81 bits per heavy atom. The summed E-state index contributed by atoms with van der Waals surface area (Å²) in [6.45, 7) is 3.83. The number of alkyl halides is 3. The Labute approximate surface area is 206 Å². The minimum absolute atomic E-state index is 0.0373. The fourth-order valence-electron chi connectivity index (χ4n) is 3.78. The van der Waals surface area contributed by atoms with E-state index in [2.05, 4.69) is 5.32 Å². The molecule has 0 radical (unpaired) electrons. The second kappa shape index (κ2) is 11.8. The number of halogens is 3. The first kappa shape index (κ1) is 26.9. The molecule has 3 rings (SSSR count). The van der Waals surface area contributed by atoms with E-state index in [0.29, 0.717) is 16.5 Å². The highest BCUT2D eigenvalue weighted by Gasteiger charge is 2.26. The highest BCUT2D eigenvalue weighted by atomic mass is 19.4. The van der Waals surface area contributed by atoms with Crippen molar-refractivity contribution in [1.29, 1.82) is 0 Å². The van der Waals surface area contributed by atoms with Crippen LogP contribution in [0.2, 0.25) is 0 Å². The number of hydrogen-bond acceptors (Lipinski definition) is 4. The molecule has 7 nitrogen and oxygen atoms in total. The number of amides is 1. The molecule has 0 aliphatic carbocycles. The summed E-state index contributed by atoms with van der Waals surface area (Å²) in [5.74, 6) is 0.631. The maximum absolute atomic E-state index is 13.4. The zero-order valence-corrected chi connectivity index (χ0v) is 20.1. The van der Waals surface area contributed by atoms with E-state index >= 15 is 0 Å². The number of pyridine rings is 1. The molecule has 2 aromatic carbocycles. The van der Waals surface area contributed by atoms with E-state index in [1.165, 1.54) is 4.57 Å². The Morgan fingerprint density at radius 1 is 1.08 bits per heavy atom. The third kappa shape index (κ3) is 7.40. The number of rotatable bonds is 11. The van der Waals surface area contributed by atoms with Gasteiger partial charge in [-0.15, -0.1) is 0 Å². The molecule has 0 fully saturated rings. The van der Waals surface area contributed by atoms with Crippen molar-refractivity contribution in [3.8, 4) is 11.5 Å². The summed E-state index contributed by atoms with van der Waals surface area (Å²) in [6, 6.07) is 14.3. The van der Waals surface area contributed by atoms with Gasteiger partial charge in [0.05, 0.1) is 24.2 Å². The lowest BCUT2D eigenvalue weighted by Gasteiger charge is -2.22. The first-order chi connectivity index (χ1) is 17.0. The van der Waals surface area contributed by atoms with E-state index in [1.54, 1.807) is 18.2 Å². The third-order valence-corrected chi connectivity index (χ3v) is 5.35. The van der Waals surface area contributed by atoms with Crippen LogP contribution in [0.15, 0.2) is 53.3 Å². The molecule has 2 N–H and O–H groups in total. The van der Waals surface area contributed by atoms with Crippen LogP contribution in [0.3, 0.4) is 0 Å². The maximum Gasteiger partial charge on any atom is 0.404 e. The number of hydrogen-bond donors (Lipinski definition) is 2. The van der Waals surface area contributed by atoms with Crippen LogP contribution >= 0.6 is 0 Å². The predicted molar refractivity (Wildman–Crippen MR) is 129 cm³/mol. The lowest BCUT2D eigenvalue weighted by molar-refractivity contribution is -0.136. The minimum Gasteiger partial charge on any atom is -0.491 e. The Balaban J connectivity index is 2.06. The Bertz CT molecular complexity index is 1240. The summed E-state index contributed by atoms with van der Waals surface area (Å²) in [4.78, 5) is 24.6. The molecular weight excluding hydrogens is 477 g/mol. The summed E-state index contributed by atoms with van der Waals surface area (Å²) in [6.07, 6.45) is -6.94. The van der Waals surface area contributed by atoms with Crippen LogP contribution in [0.1, 0.15) is 37.9 Å². The quantitative estimate of drug-likeness (QED) is 0.325. The topological polar surface area (TPSA) is 89.8 Å². The molecule has 0 aliphatic heterocycles. The van der Waals surface area contributed by atoms with E-state index in [0.717, 1.165) is 5.56 Å². The molecule has 194 valence electrons. The average Bonchev–Trinajstić information content (AvgIpc) is 2.81. The van der Waals surface area contributed by atoms with Crippen molar-refractivity contribution in [2.24, 2.45) is 5.92 Å². The maximum atomic E-state index is 13.4. The van der Waals surface area contributed by atoms with Crippen LogP contribution in [0.5, 0.6) is 11.5 Å². The van der Waals surface area contributed by atoms with Crippen molar-refractivity contribution >= 4 is 16.9 Å². The number of nitrogens with zero attached hydrogens (tertiary/aromatic N) is 1. The number of aromatic nitrogens is 1. The van der Waals surface area contributed by atoms with Gasteiger partial charge >= 0.3 is 12.3 Å². The molecule has 0 saturated heterocycles. The van der Waals surface area contributed by atoms with Gasteiger partial charge in [0.1, 0.15) is 18.1 Å². The van der Waals surface area contributed by atoms with Gasteiger partial charge < -0.3 is 24.5 Å². The number of carbonyl (C=O) groups is 1. The average molecular weight is 507 g/mol. The van der Waals surface area contributed by atoms with E-state index in [1.807, 2.05) is 44.2 Å². The largest absolute Gasteiger partial charge is 0.491 e. The van der Waals surface area contributed by atoms with Crippen LogP contribution in [0.25, 0.3) is 10.8 Å². The van der Waals surface area contributed by atoms with Crippen molar-refractivity contribution in [1.82, 2.24) is 9.88 Å². The Kier molecular flexibility index (Phi) is 8.84. The van der Waals surface area contributed by atoms with Gasteiger partial charge in [0.15, 0.2) is 0 Å². The van der Waals surface area contributed by atoms with Crippen molar-refractivity contribution in [3.63, 3.8) is 0 Å². The second-order valence-electron chi connectivity index (χ2n) is 8.79. The van der Waals surface area contributed by atoms with Gasteiger partial charge in [-0.25, -0.2) is 4.79 Å². The van der Waals surface area contributed by atoms with Crippen molar-refractivity contribution in [3.05, 3.63) is 70.1 Å². The normalized spacial score (nSPS) is 11.6. The van der Waals surface area contributed by atoms with Gasteiger partial charge in [0, 0.05) is 18.4 Å². The van der Waals surface area contributed by atoms with E-state index in [9.17, 15) is 22.8 Å². The molecule has 0 saturated carbocycles. The van der Waals surface area contributed by atoms with E-state index in [4.69, 9.17) is 14.6 Å². The summed E-state index contributed by atoms with van der Waals surface area (Å²) < 4.78 is 51.1. The number of carboxylic acid groups (broad SMARTS) is 1. The fourth-order valence-corrected chi connectivity index (χ4v) is 3.78. The Hall–Kier alpha value is -3.69. The smallest absolute Gasteiger partial charge is 0.404 e. The minimum atomic E-state index is -4.33. The molecule has 0 bridgehead atoms. The summed E-state index contributed by atoms with van der Waals surface area (Å²) >= 11 is 0. The van der Waals surface area contributed by atoms with Gasteiger partial charge in [-0.05, 0) is 36.1 Å². The Morgan fingerprint density at radius 3 is 2.44 bits per heavy atom. The van der Waals surface area contributed by atoms with Crippen LogP contribution < -0.4 is 20.3 Å². The van der Waals surface area contributed by atoms with Gasteiger partial charge in [-0.1, -0.05) is 44.2 Å². The van der Waals surface area contributed by atoms with E-state index < -0.39 is 18.7 Å². The zero-order valence-electron chi connectivity index (χ0n) is 20.1. The van der Waals surface area contributed by atoms with Gasteiger partial charge in [0.2, 0.25) is 0 Å². The second-order valence-corrected chi connectivity index (χ2v) is 8.79. The first-order valence-corrected chi connectivity index (χ1v) is 11.6. The first-order valence-electron chi connectivity index (χ1n) is 11.6. The molecule has 0 aliphatic rings. The van der Waals surface area contributed by atoms with Crippen molar-refractivity contribution in [2.45, 2.75) is 52.6 Å². The predicted octanol–water partition coefficient (Wildman–Crippen LogP) is 5.73. The van der Waals surface area contributed by atoms with Crippen LogP contribution in [-0.4, -0.2) is 28.6 Å². The zero-order chi connectivity index (χ0) is 26.3.